The number of phenols is 2. The topological polar surface area (TPSA) is 58.9 Å². The number of aryl methyl sites for hydroxylation is 2. The second kappa shape index (κ2) is 7.27. The van der Waals surface area contributed by atoms with E-state index in [4.69, 9.17) is 9.47 Å². The van der Waals surface area contributed by atoms with Crippen molar-refractivity contribution in [1.82, 2.24) is 0 Å². The first-order chi connectivity index (χ1) is 11.0. The van der Waals surface area contributed by atoms with E-state index in [1.165, 1.54) is 0 Å². The number of hydrogen-bond acceptors (Lipinski definition) is 4. The number of phenolic OH excluding ortho intramolecular Hbond substituents is 2. The molecule has 0 aliphatic carbocycles. The van der Waals surface area contributed by atoms with E-state index < -0.39 is 0 Å². The molecule has 2 aromatic carbocycles. The van der Waals surface area contributed by atoms with Crippen molar-refractivity contribution in [1.29, 1.82) is 0 Å². The number of methoxy groups -OCH3 is 2. The standard InChI is InChI=1S/C19H24O4/c1-5-12-8-16(20)18(22-3)10-14(12)7-15-11-19(23-4)17(21)9-13(15)6-2/h8-11,20-21H,5-7H2,1-4H3. The van der Waals surface area contributed by atoms with Gasteiger partial charge in [-0.1, -0.05) is 13.8 Å². The van der Waals surface area contributed by atoms with Crippen molar-refractivity contribution in [3.63, 3.8) is 0 Å². The van der Waals surface area contributed by atoms with Gasteiger partial charge in [0.2, 0.25) is 0 Å². The fraction of sp³-hybridized carbons (Fsp3) is 0.368. The minimum absolute atomic E-state index is 0.159. The van der Waals surface area contributed by atoms with Gasteiger partial charge in [0, 0.05) is 0 Å². The Morgan fingerprint density at radius 3 is 1.39 bits per heavy atom. The third-order valence-corrected chi connectivity index (χ3v) is 4.14. The highest BCUT2D eigenvalue weighted by molar-refractivity contribution is 5.51. The smallest absolute Gasteiger partial charge is 0.160 e. The Balaban J connectivity index is 2.49. The molecule has 0 spiro atoms. The van der Waals surface area contributed by atoms with Crippen LogP contribution in [0.5, 0.6) is 23.0 Å². The van der Waals surface area contributed by atoms with Gasteiger partial charge >= 0.3 is 0 Å². The van der Waals surface area contributed by atoms with Gasteiger partial charge in [-0.2, -0.15) is 0 Å². The van der Waals surface area contributed by atoms with E-state index in [-0.39, 0.29) is 11.5 Å². The fourth-order valence-corrected chi connectivity index (χ4v) is 2.83. The Hall–Kier alpha value is -2.36. The minimum Gasteiger partial charge on any atom is -0.504 e. The zero-order valence-electron chi connectivity index (χ0n) is 14.1. The minimum atomic E-state index is 0.159. The van der Waals surface area contributed by atoms with Gasteiger partial charge in [-0.05, 0) is 65.8 Å². The van der Waals surface area contributed by atoms with Crippen LogP contribution in [-0.4, -0.2) is 24.4 Å². The molecule has 2 N–H and O–H groups in total. The SMILES string of the molecule is CCc1cc(O)c(OC)cc1Cc1cc(OC)c(O)cc1CC. The molecule has 4 heteroatoms. The fourth-order valence-electron chi connectivity index (χ4n) is 2.83. The lowest BCUT2D eigenvalue weighted by Gasteiger charge is -2.15. The van der Waals surface area contributed by atoms with Crippen LogP contribution in [0.1, 0.15) is 36.1 Å². The van der Waals surface area contributed by atoms with Crippen LogP contribution < -0.4 is 9.47 Å². The summed E-state index contributed by atoms with van der Waals surface area (Å²) in [7, 11) is 3.09. The zero-order valence-corrected chi connectivity index (χ0v) is 14.1. The molecule has 0 bridgehead atoms. The Morgan fingerprint density at radius 1 is 0.696 bits per heavy atom. The highest BCUT2D eigenvalue weighted by Gasteiger charge is 2.13. The van der Waals surface area contributed by atoms with Crippen LogP contribution in [0.15, 0.2) is 24.3 Å². The molecule has 124 valence electrons. The van der Waals surface area contributed by atoms with Crippen LogP contribution in [0.3, 0.4) is 0 Å². The first-order valence-electron chi connectivity index (χ1n) is 7.81. The molecule has 23 heavy (non-hydrogen) atoms. The summed E-state index contributed by atoms with van der Waals surface area (Å²) in [5.41, 5.74) is 4.36. The van der Waals surface area contributed by atoms with Crippen LogP contribution in [-0.2, 0) is 19.3 Å². The van der Waals surface area contributed by atoms with Gasteiger partial charge in [0.1, 0.15) is 0 Å². The Kier molecular flexibility index (Phi) is 5.37. The summed E-state index contributed by atoms with van der Waals surface area (Å²) in [5.74, 6) is 1.26. The van der Waals surface area contributed by atoms with E-state index in [1.807, 2.05) is 12.1 Å². The molecule has 0 atom stereocenters. The van der Waals surface area contributed by atoms with Crippen LogP contribution in [0.25, 0.3) is 0 Å². The number of benzene rings is 2. The van der Waals surface area contributed by atoms with E-state index in [0.29, 0.717) is 17.9 Å². The molecular weight excluding hydrogens is 292 g/mol. The molecule has 0 amide bonds. The molecule has 0 radical (unpaired) electrons. The molecule has 0 saturated carbocycles. The summed E-state index contributed by atoms with van der Waals surface area (Å²) in [6, 6.07) is 7.29. The lowest BCUT2D eigenvalue weighted by molar-refractivity contribution is 0.372. The number of ether oxygens (including phenoxy) is 2. The van der Waals surface area contributed by atoms with Gasteiger partial charge in [0.25, 0.3) is 0 Å². The number of aromatic hydroxyl groups is 2. The van der Waals surface area contributed by atoms with Crippen molar-refractivity contribution in [2.24, 2.45) is 0 Å². The van der Waals surface area contributed by atoms with E-state index in [0.717, 1.165) is 35.1 Å². The first-order valence-corrected chi connectivity index (χ1v) is 7.81. The van der Waals surface area contributed by atoms with E-state index >= 15 is 0 Å². The molecule has 0 unspecified atom stereocenters. The van der Waals surface area contributed by atoms with E-state index in [9.17, 15) is 10.2 Å². The first kappa shape index (κ1) is 17.0. The van der Waals surface area contributed by atoms with Gasteiger partial charge in [-0.25, -0.2) is 0 Å². The highest BCUT2D eigenvalue weighted by Crippen LogP contribution is 2.34. The molecule has 4 nitrogen and oxygen atoms in total. The second-order valence-electron chi connectivity index (χ2n) is 5.47. The maximum atomic E-state index is 9.95. The predicted molar refractivity (Wildman–Crippen MR) is 90.9 cm³/mol. The molecule has 0 aromatic heterocycles. The molecule has 0 heterocycles. The van der Waals surface area contributed by atoms with Gasteiger partial charge in [0.05, 0.1) is 14.2 Å². The Morgan fingerprint density at radius 2 is 1.09 bits per heavy atom. The molecule has 2 aromatic rings. The molecule has 0 saturated heterocycles. The average Bonchev–Trinajstić information content (AvgIpc) is 2.56. The van der Waals surface area contributed by atoms with Crippen LogP contribution in [0.2, 0.25) is 0 Å². The molecule has 0 aliphatic rings. The summed E-state index contributed by atoms with van der Waals surface area (Å²) >= 11 is 0. The third kappa shape index (κ3) is 3.52. The lowest BCUT2D eigenvalue weighted by Crippen LogP contribution is -2.00. The van der Waals surface area contributed by atoms with E-state index in [1.54, 1.807) is 26.4 Å². The molecule has 0 fully saturated rings. The summed E-state index contributed by atoms with van der Waals surface area (Å²) in [4.78, 5) is 0. The van der Waals surface area contributed by atoms with Crippen LogP contribution in [0.4, 0.5) is 0 Å². The summed E-state index contributed by atoms with van der Waals surface area (Å²) in [6.45, 7) is 4.12. The Bertz CT molecular complexity index is 633. The van der Waals surface area contributed by atoms with Crippen molar-refractivity contribution >= 4 is 0 Å². The monoisotopic (exact) mass is 316 g/mol. The van der Waals surface area contributed by atoms with Gasteiger partial charge in [0.15, 0.2) is 23.0 Å². The summed E-state index contributed by atoms with van der Waals surface area (Å²) in [5, 5.41) is 19.9. The van der Waals surface area contributed by atoms with Gasteiger partial charge < -0.3 is 19.7 Å². The van der Waals surface area contributed by atoms with E-state index in [2.05, 4.69) is 13.8 Å². The van der Waals surface area contributed by atoms with Crippen molar-refractivity contribution in [3.05, 3.63) is 46.5 Å². The number of rotatable bonds is 6. The van der Waals surface area contributed by atoms with Gasteiger partial charge in [-0.3, -0.25) is 0 Å². The number of hydrogen-bond donors (Lipinski definition) is 2. The zero-order chi connectivity index (χ0) is 17.0. The van der Waals surface area contributed by atoms with Crippen molar-refractivity contribution in [2.45, 2.75) is 33.1 Å². The summed E-state index contributed by atoms with van der Waals surface area (Å²) < 4.78 is 10.5. The molecular formula is C19H24O4. The summed E-state index contributed by atoms with van der Waals surface area (Å²) in [6.07, 6.45) is 2.34. The maximum absolute atomic E-state index is 9.95. The second-order valence-corrected chi connectivity index (χ2v) is 5.47. The normalized spacial score (nSPS) is 10.6. The maximum Gasteiger partial charge on any atom is 0.160 e. The molecule has 2 rings (SSSR count). The van der Waals surface area contributed by atoms with Crippen molar-refractivity contribution in [3.8, 4) is 23.0 Å². The predicted octanol–water partition coefficient (Wildman–Crippen LogP) is 3.83. The van der Waals surface area contributed by atoms with Crippen molar-refractivity contribution in [2.75, 3.05) is 14.2 Å². The Labute approximate surface area is 137 Å². The average molecular weight is 316 g/mol. The largest absolute Gasteiger partial charge is 0.504 e. The van der Waals surface area contributed by atoms with Crippen LogP contribution in [0, 0.1) is 0 Å². The third-order valence-electron chi connectivity index (χ3n) is 4.14. The molecule has 0 aliphatic heterocycles. The van der Waals surface area contributed by atoms with Crippen LogP contribution >= 0.6 is 0 Å². The highest BCUT2D eigenvalue weighted by atomic mass is 16.5. The lowest BCUT2D eigenvalue weighted by atomic mass is 9.93. The van der Waals surface area contributed by atoms with Gasteiger partial charge in [-0.15, -0.1) is 0 Å². The quantitative estimate of drug-likeness (QED) is 0.850. The van der Waals surface area contributed by atoms with Crippen molar-refractivity contribution < 1.29 is 19.7 Å².